The van der Waals surface area contributed by atoms with Crippen molar-refractivity contribution in [3.63, 3.8) is 0 Å². The lowest BCUT2D eigenvalue weighted by Crippen LogP contribution is -2.36. The van der Waals surface area contributed by atoms with E-state index in [-0.39, 0.29) is 24.8 Å². The molecule has 0 aliphatic carbocycles. The Bertz CT molecular complexity index is 1150. The van der Waals surface area contributed by atoms with Crippen molar-refractivity contribution in [1.29, 1.82) is 0 Å². The van der Waals surface area contributed by atoms with Gasteiger partial charge in [0, 0.05) is 49.9 Å². The first-order chi connectivity index (χ1) is 18.1. The van der Waals surface area contributed by atoms with Gasteiger partial charge >= 0.3 is 0 Å². The average molecular weight is 512 g/mol. The third-order valence-electron chi connectivity index (χ3n) is 6.60. The van der Waals surface area contributed by atoms with Crippen LogP contribution in [0.4, 0.5) is 17.1 Å². The van der Waals surface area contributed by atoms with Crippen LogP contribution < -0.4 is 34.1 Å². The maximum Gasteiger partial charge on any atom is 0.229 e. The summed E-state index contributed by atoms with van der Waals surface area (Å²) in [6, 6.07) is 9.13. The fourth-order valence-electron chi connectivity index (χ4n) is 4.81. The van der Waals surface area contributed by atoms with Gasteiger partial charge in [-0.1, -0.05) is 0 Å². The van der Waals surface area contributed by atoms with Crippen molar-refractivity contribution in [1.82, 2.24) is 0 Å². The molecule has 2 aromatic rings. The van der Waals surface area contributed by atoms with Crippen LogP contribution in [0, 0.1) is 5.92 Å². The van der Waals surface area contributed by atoms with Gasteiger partial charge in [-0.2, -0.15) is 0 Å². The van der Waals surface area contributed by atoms with Crippen LogP contribution in [0.2, 0.25) is 0 Å². The maximum atomic E-state index is 13.3. The highest BCUT2D eigenvalue weighted by Gasteiger charge is 2.36. The molecule has 0 aromatic heterocycles. The van der Waals surface area contributed by atoms with E-state index in [1.165, 1.54) is 0 Å². The number of hydrogen-bond donors (Lipinski definition) is 1. The molecule has 1 unspecified atom stereocenters. The Morgan fingerprint density at radius 3 is 2.46 bits per heavy atom. The van der Waals surface area contributed by atoms with Crippen LogP contribution in [0.5, 0.6) is 23.0 Å². The molecular weight excluding hydrogens is 478 g/mol. The predicted molar refractivity (Wildman–Crippen MR) is 138 cm³/mol. The lowest BCUT2D eigenvalue weighted by Gasteiger charge is -2.31. The SMILES string of the molecule is CCOc1cc(N2CCOCC2)c(OCC)cc1NC(=O)C1CC(=O)N(c2ccc3c(c2)OCCO3)C1. The van der Waals surface area contributed by atoms with Crippen molar-refractivity contribution in [2.24, 2.45) is 5.92 Å². The molecule has 0 spiro atoms. The summed E-state index contributed by atoms with van der Waals surface area (Å²) in [5.74, 6) is 1.64. The molecule has 1 N–H and O–H groups in total. The molecule has 37 heavy (non-hydrogen) atoms. The van der Waals surface area contributed by atoms with E-state index in [2.05, 4.69) is 10.2 Å². The monoisotopic (exact) mass is 511 g/mol. The van der Waals surface area contributed by atoms with Gasteiger partial charge < -0.3 is 38.8 Å². The largest absolute Gasteiger partial charge is 0.492 e. The first kappa shape index (κ1) is 25.0. The van der Waals surface area contributed by atoms with Gasteiger partial charge in [-0.25, -0.2) is 0 Å². The molecule has 2 fully saturated rings. The second-order valence-electron chi connectivity index (χ2n) is 9.00. The Labute approximate surface area is 216 Å². The standard InChI is InChI=1S/C27H33N3O7/c1-3-34-23-16-21(29-7-9-33-10-8-29)24(35-4-2)15-20(23)28-27(32)18-13-26(31)30(17-18)19-5-6-22-25(14-19)37-12-11-36-22/h5-6,14-16,18H,3-4,7-13,17H2,1-2H3,(H,28,32). The number of morpholine rings is 1. The third kappa shape index (κ3) is 5.39. The first-order valence-electron chi connectivity index (χ1n) is 12.8. The lowest BCUT2D eigenvalue weighted by atomic mass is 10.1. The molecule has 2 aromatic carbocycles. The number of amides is 2. The van der Waals surface area contributed by atoms with Gasteiger partial charge in [0.05, 0.1) is 43.7 Å². The summed E-state index contributed by atoms with van der Waals surface area (Å²) < 4.78 is 28.6. The molecule has 198 valence electrons. The minimum absolute atomic E-state index is 0.112. The Balaban J connectivity index is 1.34. The van der Waals surface area contributed by atoms with Crippen LogP contribution in [-0.4, -0.2) is 71.1 Å². The zero-order valence-corrected chi connectivity index (χ0v) is 21.3. The summed E-state index contributed by atoms with van der Waals surface area (Å²) in [4.78, 5) is 30.0. The molecule has 5 rings (SSSR count). The van der Waals surface area contributed by atoms with Crippen LogP contribution in [0.3, 0.4) is 0 Å². The third-order valence-corrected chi connectivity index (χ3v) is 6.60. The van der Waals surface area contributed by atoms with Crippen molar-refractivity contribution in [2.45, 2.75) is 20.3 Å². The van der Waals surface area contributed by atoms with Crippen molar-refractivity contribution < 1.29 is 33.3 Å². The van der Waals surface area contributed by atoms with E-state index in [4.69, 9.17) is 23.7 Å². The number of rotatable bonds is 8. The van der Waals surface area contributed by atoms with Crippen LogP contribution in [0.1, 0.15) is 20.3 Å². The van der Waals surface area contributed by atoms with Crippen molar-refractivity contribution in [3.8, 4) is 23.0 Å². The highest BCUT2D eigenvalue weighted by Crippen LogP contribution is 2.40. The fraction of sp³-hybridized carbons (Fsp3) is 0.481. The summed E-state index contributed by atoms with van der Waals surface area (Å²) in [5, 5.41) is 3.00. The first-order valence-corrected chi connectivity index (χ1v) is 12.8. The number of nitrogens with zero attached hydrogens (tertiary/aromatic N) is 2. The predicted octanol–water partition coefficient (Wildman–Crippen LogP) is 3.08. The molecule has 3 aliphatic heterocycles. The highest BCUT2D eigenvalue weighted by atomic mass is 16.6. The number of carbonyl (C=O) groups excluding carboxylic acids is 2. The minimum atomic E-state index is -0.510. The Hall–Kier alpha value is -3.66. The zero-order valence-electron chi connectivity index (χ0n) is 21.3. The summed E-state index contributed by atoms with van der Waals surface area (Å²) in [5.41, 5.74) is 2.12. The molecular formula is C27H33N3O7. The molecule has 3 aliphatic rings. The fourth-order valence-corrected chi connectivity index (χ4v) is 4.81. The summed E-state index contributed by atoms with van der Waals surface area (Å²) >= 11 is 0. The Kier molecular flexibility index (Phi) is 7.55. The van der Waals surface area contributed by atoms with E-state index in [1.54, 1.807) is 17.0 Å². The summed E-state index contributed by atoms with van der Waals surface area (Å²) in [6.07, 6.45) is 0.119. The lowest BCUT2D eigenvalue weighted by molar-refractivity contribution is -0.122. The number of anilines is 3. The van der Waals surface area contributed by atoms with Crippen molar-refractivity contribution >= 4 is 28.9 Å². The molecule has 2 saturated heterocycles. The molecule has 0 saturated carbocycles. The van der Waals surface area contributed by atoms with E-state index in [0.29, 0.717) is 74.0 Å². The topological polar surface area (TPSA) is 98.8 Å². The molecule has 2 amide bonds. The molecule has 0 bridgehead atoms. The second-order valence-corrected chi connectivity index (χ2v) is 9.00. The second kappa shape index (κ2) is 11.2. The quantitative estimate of drug-likeness (QED) is 0.578. The van der Waals surface area contributed by atoms with Crippen LogP contribution >= 0.6 is 0 Å². The van der Waals surface area contributed by atoms with E-state index >= 15 is 0 Å². The number of carbonyl (C=O) groups is 2. The van der Waals surface area contributed by atoms with Crippen LogP contribution in [0.15, 0.2) is 30.3 Å². The van der Waals surface area contributed by atoms with Gasteiger partial charge in [-0.05, 0) is 26.0 Å². The smallest absolute Gasteiger partial charge is 0.229 e. The van der Waals surface area contributed by atoms with Gasteiger partial charge in [0.25, 0.3) is 0 Å². The molecule has 3 heterocycles. The normalized spacial score (nSPS) is 19.1. The van der Waals surface area contributed by atoms with Gasteiger partial charge in [-0.15, -0.1) is 0 Å². The van der Waals surface area contributed by atoms with Gasteiger partial charge in [-0.3, -0.25) is 9.59 Å². The van der Waals surface area contributed by atoms with Gasteiger partial charge in [0.2, 0.25) is 11.8 Å². The van der Waals surface area contributed by atoms with Crippen LogP contribution in [0.25, 0.3) is 0 Å². The Morgan fingerprint density at radius 2 is 1.70 bits per heavy atom. The van der Waals surface area contributed by atoms with Crippen molar-refractivity contribution in [2.75, 3.05) is 74.4 Å². The number of fused-ring (bicyclic) bond motifs is 1. The van der Waals surface area contributed by atoms with Crippen molar-refractivity contribution in [3.05, 3.63) is 30.3 Å². The number of hydrogen-bond acceptors (Lipinski definition) is 8. The Morgan fingerprint density at radius 1 is 0.973 bits per heavy atom. The average Bonchev–Trinajstić information content (AvgIpc) is 3.32. The summed E-state index contributed by atoms with van der Waals surface area (Å²) in [7, 11) is 0. The number of benzene rings is 2. The molecule has 10 heteroatoms. The zero-order chi connectivity index (χ0) is 25.8. The molecule has 1 atom stereocenters. The van der Waals surface area contributed by atoms with Gasteiger partial charge in [0.15, 0.2) is 11.5 Å². The number of nitrogens with one attached hydrogen (secondary N) is 1. The van der Waals surface area contributed by atoms with E-state index in [0.717, 1.165) is 18.8 Å². The molecule has 10 nitrogen and oxygen atoms in total. The maximum absolute atomic E-state index is 13.3. The van der Waals surface area contributed by atoms with Crippen LogP contribution in [-0.2, 0) is 14.3 Å². The molecule has 0 radical (unpaired) electrons. The van der Waals surface area contributed by atoms with E-state index in [1.807, 2.05) is 32.0 Å². The van der Waals surface area contributed by atoms with E-state index < -0.39 is 5.92 Å². The highest BCUT2D eigenvalue weighted by molar-refractivity contribution is 6.04. The summed E-state index contributed by atoms with van der Waals surface area (Å²) in [6.45, 7) is 8.77. The van der Waals surface area contributed by atoms with E-state index in [9.17, 15) is 9.59 Å². The minimum Gasteiger partial charge on any atom is -0.492 e. The van der Waals surface area contributed by atoms with Gasteiger partial charge in [0.1, 0.15) is 24.7 Å². The number of ether oxygens (including phenoxy) is 5.